The molecule has 0 unspecified atom stereocenters. The number of ether oxygens (including phenoxy) is 2. The number of carbonyl (C=O) groups excluding carboxylic acids is 2. The highest BCUT2D eigenvalue weighted by Crippen LogP contribution is 2.19. The van der Waals surface area contributed by atoms with Gasteiger partial charge in [0, 0.05) is 10.5 Å². The zero-order chi connectivity index (χ0) is 14.3. The van der Waals surface area contributed by atoms with Crippen LogP contribution in [-0.4, -0.2) is 25.2 Å². The molecule has 0 heterocycles. The highest BCUT2D eigenvalue weighted by molar-refractivity contribution is 9.10. The fourth-order valence-electron chi connectivity index (χ4n) is 1.41. The third-order valence-corrected chi connectivity index (χ3v) is 2.69. The van der Waals surface area contributed by atoms with Crippen LogP contribution in [0.1, 0.15) is 29.8 Å². The molecular formula is C14H15BrO4. The van der Waals surface area contributed by atoms with Crippen LogP contribution in [0.3, 0.4) is 0 Å². The van der Waals surface area contributed by atoms with E-state index in [0.717, 1.165) is 4.47 Å². The van der Waals surface area contributed by atoms with Crippen LogP contribution in [-0.2, 0) is 14.3 Å². The van der Waals surface area contributed by atoms with Crippen LogP contribution >= 0.6 is 15.9 Å². The maximum atomic E-state index is 11.8. The lowest BCUT2D eigenvalue weighted by Gasteiger charge is -2.06. The minimum absolute atomic E-state index is 0.302. The molecule has 0 radical (unpaired) electrons. The summed E-state index contributed by atoms with van der Waals surface area (Å²) in [6.45, 7) is 4.09. The molecule has 0 bridgehead atoms. The van der Waals surface area contributed by atoms with Gasteiger partial charge < -0.3 is 9.47 Å². The van der Waals surface area contributed by atoms with Gasteiger partial charge in [-0.25, -0.2) is 9.59 Å². The molecule has 0 spiro atoms. The van der Waals surface area contributed by atoms with E-state index < -0.39 is 11.9 Å². The van der Waals surface area contributed by atoms with Gasteiger partial charge in [-0.2, -0.15) is 0 Å². The number of hydrogen-bond acceptors (Lipinski definition) is 4. The van der Waals surface area contributed by atoms with Gasteiger partial charge in [0.05, 0.1) is 18.8 Å². The summed E-state index contributed by atoms with van der Waals surface area (Å²) in [4.78, 5) is 23.0. The first-order valence-electron chi connectivity index (χ1n) is 5.90. The van der Waals surface area contributed by atoms with Gasteiger partial charge in [0.15, 0.2) is 0 Å². The predicted octanol–water partition coefficient (Wildman–Crippen LogP) is 3.20. The van der Waals surface area contributed by atoms with E-state index in [1.807, 2.05) is 0 Å². The molecule has 5 heteroatoms. The molecule has 0 aliphatic heterocycles. The van der Waals surface area contributed by atoms with Crippen molar-refractivity contribution in [2.45, 2.75) is 13.8 Å². The van der Waals surface area contributed by atoms with E-state index in [2.05, 4.69) is 15.9 Å². The molecule has 0 saturated carbocycles. The second kappa shape index (κ2) is 7.74. The van der Waals surface area contributed by atoms with Gasteiger partial charge in [-0.3, -0.25) is 0 Å². The second-order valence-corrected chi connectivity index (χ2v) is 4.45. The standard InChI is InChI=1S/C14H15BrO4/c1-3-18-13(16)8-5-10-9-11(15)6-7-12(10)14(17)19-4-2/h5-9H,3-4H2,1-2H3/b8-5+. The van der Waals surface area contributed by atoms with E-state index in [1.54, 1.807) is 32.0 Å². The first-order valence-corrected chi connectivity index (χ1v) is 6.69. The smallest absolute Gasteiger partial charge is 0.338 e. The topological polar surface area (TPSA) is 52.6 Å². The van der Waals surface area contributed by atoms with Crippen molar-refractivity contribution in [2.24, 2.45) is 0 Å². The lowest BCUT2D eigenvalue weighted by atomic mass is 10.1. The van der Waals surface area contributed by atoms with Crippen molar-refractivity contribution < 1.29 is 19.1 Å². The minimum atomic E-state index is -0.447. The van der Waals surface area contributed by atoms with Crippen molar-refractivity contribution in [3.05, 3.63) is 39.9 Å². The summed E-state index contributed by atoms with van der Waals surface area (Å²) < 4.78 is 10.6. The van der Waals surface area contributed by atoms with Gasteiger partial charge >= 0.3 is 11.9 Å². The van der Waals surface area contributed by atoms with Crippen molar-refractivity contribution in [1.82, 2.24) is 0 Å². The number of carbonyl (C=O) groups is 2. The van der Waals surface area contributed by atoms with Crippen LogP contribution < -0.4 is 0 Å². The molecule has 1 aromatic carbocycles. The van der Waals surface area contributed by atoms with Crippen LogP contribution in [0.2, 0.25) is 0 Å². The van der Waals surface area contributed by atoms with E-state index in [9.17, 15) is 9.59 Å². The van der Waals surface area contributed by atoms with E-state index >= 15 is 0 Å². The van der Waals surface area contributed by atoms with Crippen molar-refractivity contribution in [1.29, 1.82) is 0 Å². The molecule has 0 N–H and O–H groups in total. The molecule has 102 valence electrons. The van der Waals surface area contributed by atoms with Crippen molar-refractivity contribution in [3.63, 3.8) is 0 Å². The average Bonchev–Trinajstić information content (AvgIpc) is 2.37. The van der Waals surface area contributed by atoms with E-state index in [0.29, 0.717) is 24.3 Å². The molecule has 0 aromatic heterocycles. The zero-order valence-corrected chi connectivity index (χ0v) is 12.4. The molecule has 0 aliphatic carbocycles. The highest BCUT2D eigenvalue weighted by atomic mass is 79.9. The summed E-state index contributed by atoms with van der Waals surface area (Å²) in [5.74, 6) is -0.865. The van der Waals surface area contributed by atoms with E-state index in [4.69, 9.17) is 9.47 Å². The SMILES string of the molecule is CCOC(=O)/C=C/c1cc(Br)ccc1C(=O)OCC. The Bertz CT molecular complexity index is 494. The Kier molecular flexibility index (Phi) is 6.29. The molecule has 19 heavy (non-hydrogen) atoms. The van der Waals surface area contributed by atoms with Crippen LogP contribution in [0.4, 0.5) is 0 Å². The lowest BCUT2D eigenvalue weighted by molar-refractivity contribution is -0.137. The van der Waals surface area contributed by atoms with Crippen molar-refractivity contribution in [3.8, 4) is 0 Å². The summed E-state index contributed by atoms with van der Waals surface area (Å²) in [5, 5.41) is 0. The maximum absolute atomic E-state index is 11.8. The summed E-state index contributed by atoms with van der Waals surface area (Å²) in [6, 6.07) is 5.13. The molecule has 4 nitrogen and oxygen atoms in total. The van der Waals surface area contributed by atoms with Gasteiger partial charge in [0.25, 0.3) is 0 Å². The summed E-state index contributed by atoms with van der Waals surface area (Å²) in [5.41, 5.74) is 1.01. The van der Waals surface area contributed by atoms with E-state index in [-0.39, 0.29) is 0 Å². The number of rotatable bonds is 5. The lowest BCUT2D eigenvalue weighted by Crippen LogP contribution is -2.07. The summed E-state index contributed by atoms with van der Waals surface area (Å²) >= 11 is 3.32. The molecule has 0 atom stereocenters. The van der Waals surface area contributed by atoms with Gasteiger partial charge in [-0.1, -0.05) is 15.9 Å². The molecule has 1 aromatic rings. The normalized spacial score (nSPS) is 10.5. The fraction of sp³-hybridized carbons (Fsp3) is 0.286. The van der Waals surface area contributed by atoms with Crippen LogP contribution in [0, 0.1) is 0 Å². The second-order valence-electron chi connectivity index (χ2n) is 3.54. The monoisotopic (exact) mass is 326 g/mol. The number of hydrogen-bond donors (Lipinski definition) is 0. The molecule has 0 aliphatic rings. The Hall–Kier alpha value is -1.62. The molecule has 0 fully saturated rings. The van der Waals surface area contributed by atoms with Gasteiger partial charge in [0.1, 0.15) is 0 Å². The predicted molar refractivity (Wildman–Crippen MR) is 75.8 cm³/mol. The third kappa shape index (κ3) is 4.87. The average molecular weight is 327 g/mol. The van der Waals surface area contributed by atoms with Gasteiger partial charge in [-0.15, -0.1) is 0 Å². The summed E-state index contributed by atoms with van der Waals surface area (Å²) in [6.07, 6.45) is 2.82. The highest BCUT2D eigenvalue weighted by Gasteiger charge is 2.11. The molecular weight excluding hydrogens is 312 g/mol. The Balaban J connectivity index is 3.00. The zero-order valence-electron chi connectivity index (χ0n) is 10.8. The quantitative estimate of drug-likeness (QED) is 0.616. The first kappa shape index (κ1) is 15.4. The fourth-order valence-corrected chi connectivity index (χ4v) is 1.79. The Morgan fingerprint density at radius 3 is 2.53 bits per heavy atom. The third-order valence-electron chi connectivity index (χ3n) is 2.19. The van der Waals surface area contributed by atoms with Gasteiger partial charge in [-0.05, 0) is 43.7 Å². The Morgan fingerprint density at radius 1 is 1.21 bits per heavy atom. The minimum Gasteiger partial charge on any atom is -0.463 e. The molecule has 0 saturated heterocycles. The number of halogens is 1. The van der Waals surface area contributed by atoms with Crippen LogP contribution in [0.5, 0.6) is 0 Å². The first-order chi connectivity index (χ1) is 9.08. The Labute approximate surface area is 120 Å². The molecule has 1 rings (SSSR count). The molecule has 0 amide bonds. The maximum Gasteiger partial charge on any atom is 0.338 e. The van der Waals surface area contributed by atoms with Crippen molar-refractivity contribution >= 4 is 33.9 Å². The van der Waals surface area contributed by atoms with E-state index in [1.165, 1.54) is 12.2 Å². The number of benzene rings is 1. The van der Waals surface area contributed by atoms with Crippen LogP contribution in [0.15, 0.2) is 28.7 Å². The summed E-state index contributed by atoms with van der Waals surface area (Å²) in [7, 11) is 0. The Morgan fingerprint density at radius 2 is 1.89 bits per heavy atom. The largest absolute Gasteiger partial charge is 0.463 e. The number of esters is 2. The van der Waals surface area contributed by atoms with Crippen LogP contribution in [0.25, 0.3) is 6.08 Å². The van der Waals surface area contributed by atoms with Gasteiger partial charge in [0.2, 0.25) is 0 Å². The van der Waals surface area contributed by atoms with Crippen molar-refractivity contribution in [2.75, 3.05) is 13.2 Å².